The lowest BCUT2D eigenvalue weighted by Crippen LogP contribution is -2.29. The third kappa shape index (κ3) is 3.44. The average Bonchev–Trinajstić information content (AvgIpc) is 2.47. The second-order valence-electron chi connectivity index (χ2n) is 4.52. The third-order valence-electron chi connectivity index (χ3n) is 3.14. The molecule has 3 heteroatoms. The Labute approximate surface area is 119 Å². The van der Waals surface area contributed by atoms with Crippen molar-refractivity contribution in [3.05, 3.63) is 48.0 Å². The molecule has 0 radical (unpaired) electrons. The molecule has 0 aromatic heterocycles. The van der Waals surface area contributed by atoms with Crippen molar-refractivity contribution < 1.29 is 14.3 Å². The van der Waals surface area contributed by atoms with Crippen LogP contribution in [0.1, 0.15) is 19.4 Å². The molecule has 0 fully saturated rings. The Kier molecular flexibility index (Phi) is 5.27. The molecule has 2 aromatic rings. The van der Waals surface area contributed by atoms with Gasteiger partial charge in [0, 0.05) is 19.6 Å². The SMILES string of the molecule is CCOC(OCC)C(=O)Cc1cccc2ccccc12. The van der Waals surface area contributed by atoms with E-state index in [1.807, 2.05) is 56.3 Å². The maximum atomic E-state index is 12.3. The van der Waals surface area contributed by atoms with Crippen molar-refractivity contribution in [3.8, 4) is 0 Å². The first-order chi connectivity index (χ1) is 9.76. The van der Waals surface area contributed by atoms with Crippen molar-refractivity contribution in [2.24, 2.45) is 0 Å². The van der Waals surface area contributed by atoms with Gasteiger partial charge < -0.3 is 9.47 Å². The van der Waals surface area contributed by atoms with E-state index in [0.717, 1.165) is 16.3 Å². The van der Waals surface area contributed by atoms with E-state index in [4.69, 9.17) is 9.47 Å². The number of hydrogen-bond donors (Lipinski definition) is 0. The maximum absolute atomic E-state index is 12.3. The molecular formula is C17H20O3. The average molecular weight is 272 g/mol. The minimum absolute atomic E-state index is 0.0370. The predicted molar refractivity (Wildman–Crippen MR) is 79.7 cm³/mol. The summed E-state index contributed by atoms with van der Waals surface area (Å²) in [5.41, 5.74) is 1.01. The van der Waals surface area contributed by atoms with Gasteiger partial charge in [-0.1, -0.05) is 42.5 Å². The third-order valence-corrected chi connectivity index (χ3v) is 3.14. The highest BCUT2D eigenvalue weighted by Crippen LogP contribution is 2.19. The van der Waals surface area contributed by atoms with Gasteiger partial charge in [-0.25, -0.2) is 0 Å². The van der Waals surface area contributed by atoms with Gasteiger partial charge in [-0.05, 0) is 30.2 Å². The Morgan fingerprint density at radius 2 is 1.65 bits per heavy atom. The number of hydrogen-bond acceptors (Lipinski definition) is 3. The molecule has 2 rings (SSSR count). The minimum atomic E-state index is -0.760. The van der Waals surface area contributed by atoms with E-state index >= 15 is 0 Å². The molecule has 106 valence electrons. The summed E-state index contributed by atoms with van der Waals surface area (Å²) in [6.45, 7) is 4.65. The van der Waals surface area contributed by atoms with Gasteiger partial charge in [0.15, 0.2) is 5.78 Å². The Morgan fingerprint density at radius 3 is 2.35 bits per heavy atom. The molecule has 20 heavy (non-hydrogen) atoms. The van der Waals surface area contributed by atoms with Crippen LogP contribution in [0, 0.1) is 0 Å². The molecule has 0 heterocycles. The van der Waals surface area contributed by atoms with Crippen molar-refractivity contribution >= 4 is 16.6 Å². The quantitative estimate of drug-likeness (QED) is 0.725. The highest BCUT2D eigenvalue weighted by molar-refractivity contribution is 5.92. The van der Waals surface area contributed by atoms with E-state index in [0.29, 0.717) is 19.6 Å². The van der Waals surface area contributed by atoms with Crippen LogP contribution in [-0.4, -0.2) is 25.3 Å². The van der Waals surface area contributed by atoms with E-state index in [9.17, 15) is 4.79 Å². The fraction of sp³-hybridized carbons (Fsp3) is 0.353. The molecule has 0 aliphatic carbocycles. The molecule has 2 aromatic carbocycles. The van der Waals surface area contributed by atoms with Crippen molar-refractivity contribution in [2.45, 2.75) is 26.6 Å². The van der Waals surface area contributed by atoms with Crippen molar-refractivity contribution in [2.75, 3.05) is 13.2 Å². The van der Waals surface area contributed by atoms with Crippen molar-refractivity contribution in [3.63, 3.8) is 0 Å². The van der Waals surface area contributed by atoms with Crippen LogP contribution in [-0.2, 0) is 20.7 Å². The van der Waals surface area contributed by atoms with Gasteiger partial charge in [-0.3, -0.25) is 4.79 Å². The summed E-state index contributed by atoms with van der Waals surface area (Å²) in [7, 11) is 0. The maximum Gasteiger partial charge on any atom is 0.218 e. The Bertz CT molecular complexity index is 566. The summed E-state index contributed by atoms with van der Waals surface area (Å²) in [5.74, 6) is -0.0370. The Morgan fingerprint density at radius 1 is 1.00 bits per heavy atom. The Balaban J connectivity index is 2.20. The zero-order valence-electron chi connectivity index (χ0n) is 12.0. The predicted octanol–water partition coefficient (Wildman–Crippen LogP) is 3.35. The molecule has 3 nitrogen and oxygen atoms in total. The van der Waals surface area contributed by atoms with Crippen molar-refractivity contribution in [1.82, 2.24) is 0 Å². The summed E-state index contributed by atoms with van der Waals surface area (Å²) < 4.78 is 10.7. The molecule has 0 aliphatic rings. The molecule has 0 aliphatic heterocycles. The summed E-state index contributed by atoms with van der Waals surface area (Å²) in [4.78, 5) is 12.3. The summed E-state index contributed by atoms with van der Waals surface area (Å²) >= 11 is 0. The molecule has 0 saturated carbocycles. The monoisotopic (exact) mass is 272 g/mol. The van der Waals surface area contributed by atoms with Gasteiger partial charge in [0.2, 0.25) is 6.29 Å². The van der Waals surface area contributed by atoms with Gasteiger partial charge in [0.1, 0.15) is 0 Å². The van der Waals surface area contributed by atoms with Crippen LogP contribution in [0.15, 0.2) is 42.5 Å². The summed E-state index contributed by atoms with van der Waals surface area (Å²) in [6.07, 6.45) is -0.435. The molecule has 0 unspecified atom stereocenters. The molecular weight excluding hydrogens is 252 g/mol. The molecule has 0 bridgehead atoms. The number of ether oxygens (including phenoxy) is 2. The summed E-state index contributed by atoms with van der Waals surface area (Å²) in [5, 5.41) is 2.25. The van der Waals surface area contributed by atoms with Gasteiger partial charge in [0.25, 0.3) is 0 Å². The summed E-state index contributed by atoms with van der Waals surface area (Å²) in [6, 6.07) is 14.1. The minimum Gasteiger partial charge on any atom is -0.346 e. The lowest BCUT2D eigenvalue weighted by molar-refractivity contribution is -0.167. The van der Waals surface area contributed by atoms with E-state index in [1.165, 1.54) is 0 Å². The second-order valence-corrected chi connectivity index (χ2v) is 4.52. The number of rotatable bonds is 7. The highest BCUT2D eigenvalue weighted by Gasteiger charge is 2.19. The molecule has 0 spiro atoms. The zero-order valence-corrected chi connectivity index (χ0v) is 12.0. The van der Waals surface area contributed by atoms with Crippen LogP contribution >= 0.6 is 0 Å². The van der Waals surface area contributed by atoms with Crippen LogP contribution in [0.5, 0.6) is 0 Å². The van der Waals surface area contributed by atoms with Gasteiger partial charge in [-0.2, -0.15) is 0 Å². The van der Waals surface area contributed by atoms with Gasteiger partial charge >= 0.3 is 0 Å². The number of ketones is 1. The largest absolute Gasteiger partial charge is 0.346 e. The topological polar surface area (TPSA) is 35.5 Å². The standard InChI is InChI=1S/C17H20O3/c1-3-19-17(20-4-2)16(18)12-14-10-7-9-13-8-5-6-11-15(13)14/h5-11,17H,3-4,12H2,1-2H3. The number of carbonyl (C=O) groups is 1. The van der Waals surface area contributed by atoms with Gasteiger partial charge in [-0.15, -0.1) is 0 Å². The van der Waals surface area contributed by atoms with Crippen LogP contribution in [0.4, 0.5) is 0 Å². The second kappa shape index (κ2) is 7.17. The van der Waals surface area contributed by atoms with E-state index in [-0.39, 0.29) is 5.78 Å². The molecule has 0 N–H and O–H groups in total. The zero-order chi connectivity index (χ0) is 14.4. The van der Waals surface area contributed by atoms with Gasteiger partial charge in [0.05, 0.1) is 0 Å². The van der Waals surface area contributed by atoms with Crippen LogP contribution in [0.25, 0.3) is 10.8 Å². The van der Waals surface area contributed by atoms with E-state index < -0.39 is 6.29 Å². The molecule has 0 atom stereocenters. The lowest BCUT2D eigenvalue weighted by atomic mass is 10.0. The van der Waals surface area contributed by atoms with E-state index in [1.54, 1.807) is 0 Å². The number of Topliss-reactive ketones (excluding diaryl/α,β-unsaturated/α-hetero) is 1. The first-order valence-corrected chi connectivity index (χ1v) is 6.98. The molecule has 0 amide bonds. The normalized spacial score (nSPS) is 11.2. The van der Waals surface area contributed by atoms with E-state index in [2.05, 4.69) is 0 Å². The highest BCUT2D eigenvalue weighted by atomic mass is 16.7. The number of fused-ring (bicyclic) bond motifs is 1. The smallest absolute Gasteiger partial charge is 0.218 e. The fourth-order valence-electron chi connectivity index (χ4n) is 2.25. The Hall–Kier alpha value is -1.71. The first-order valence-electron chi connectivity index (χ1n) is 6.98. The number of carbonyl (C=O) groups excluding carboxylic acids is 1. The van der Waals surface area contributed by atoms with Crippen LogP contribution < -0.4 is 0 Å². The van der Waals surface area contributed by atoms with Crippen LogP contribution in [0.3, 0.4) is 0 Å². The number of benzene rings is 2. The first kappa shape index (κ1) is 14.7. The fourth-order valence-corrected chi connectivity index (χ4v) is 2.25. The molecule has 0 saturated heterocycles. The van der Waals surface area contributed by atoms with Crippen molar-refractivity contribution in [1.29, 1.82) is 0 Å². The lowest BCUT2D eigenvalue weighted by Gasteiger charge is -2.16. The van der Waals surface area contributed by atoms with Crippen LogP contribution in [0.2, 0.25) is 0 Å².